The zero-order valence-corrected chi connectivity index (χ0v) is 8.92. The first-order chi connectivity index (χ1) is 7.70. The third-order valence-corrected chi connectivity index (χ3v) is 2.53. The summed E-state index contributed by atoms with van der Waals surface area (Å²) in [5, 5.41) is 5.83. The van der Waals surface area contributed by atoms with Gasteiger partial charge >= 0.3 is 0 Å². The smallest absolute Gasteiger partial charge is 0.251 e. The Labute approximate surface area is 92.8 Å². The van der Waals surface area contributed by atoms with Crippen LogP contribution in [0.3, 0.4) is 0 Å². The van der Waals surface area contributed by atoms with Crippen molar-refractivity contribution in [2.24, 2.45) is 0 Å². The van der Waals surface area contributed by atoms with Gasteiger partial charge in [0.25, 0.3) is 5.91 Å². The van der Waals surface area contributed by atoms with Crippen molar-refractivity contribution < 1.29 is 13.9 Å². The number of amides is 1. The number of methoxy groups -OCH3 is 1. The van der Waals surface area contributed by atoms with Crippen LogP contribution in [0.4, 0.5) is 4.39 Å². The minimum Gasteiger partial charge on any atom is -0.494 e. The molecule has 0 saturated carbocycles. The molecule has 2 rings (SSSR count). The minimum absolute atomic E-state index is 0.141. The van der Waals surface area contributed by atoms with Gasteiger partial charge in [-0.25, -0.2) is 4.39 Å². The predicted octanol–water partition coefficient (Wildman–Crippen LogP) is 0.536. The fraction of sp³-hybridized carbons (Fsp3) is 0.364. The highest BCUT2D eigenvalue weighted by molar-refractivity contribution is 5.94. The van der Waals surface area contributed by atoms with Crippen molar-refractivity contribution in [1.82, 2.24) is 10.6 Å². The van der Waals surface area contributed by atoms with Crippen LogP contribution in [0, 0.1) is 5.82 Å². The van der Waals surface area contributed by atoms with Gasteiger partial charge in [-0.15, -0.1) is 0 Å². The Balaban J connectivity index is 2.07. The lowest BCUT2D eigenvalue weighted by molar-refractivity contribution is 0.0923. The summed E-state index contributed by atoms with van der Waals surface area (Å²) in [6.45, 7) is 1.54. The molecular weight excluding hydrogens is 211 g/mol. The monoisotopic (exact) mass is 224 g/mol. The van der Waals surface area contributed by atoms with Gasteiger partial charge in [0.2, 0.25) is 0 Å². The van der Waals surface area contributed by atoms with Gasteiger partial charge in [-0.3, -0.25) is 4.79 Å². The summed E-state index contributed by atoms with van der Waals surface area (Å²) in [6, 6.07) is 4.32. The molecule has 0 spiro atoms. The second-order valence-corrected chi connectivity index (χ2v) is 3.68. The molecule has 1 aromatic carbocycles. The molecule has 1 heterocycles. The van der Waals surface area contributed by atoms with Gasteiger partial charge in [-0.1, -0.05) is 0 Å². The van der Waals surface area contributed by atoms with Crippen LogP contribution in [0.25, 0.3) is 0 Å². The van der Waals surface area contributed by atoms with E-state index >= 15 is 0 Å². The highest BCUT2D eigenvalue weighted by Crippen LogP contribution is 2.17. The molecule has 0 radical (unpaired) electrons. The Morgan fingerprint density at radius 3 is 2.81 bits per heavy atom. The molecule has 86 valence electrons. The molecule has 1 fully saturated rings. The molecule has 0 atom stereocenters. The Morgan fingerprint density at radius 1 is 1.56 bits per heavy atom. The van der Waals surface area contributed by atoms with Crippen molar-refractivity contribution in [3.63, 3.8) is 0 Å². The topological polar surface area (TPSA) is 50.4 Å². The van der Waals surface area contributed by atoms with E-state index in [-0.39, 0.29) is 17.7 Å². The number of rotatable bonds is 3. The number of carbonyl (C=O) groups is 1. The molecule has 0 aliphatic carbocycles. The van der Waals surface area contributed by atoms with Crippen LogP contribution < -0.4 is 15.4 Å². The lowest BCUT2D eigenvalue weighted by Gasteiger charge is -2.27. The molecule has 1 aliphatic heterocycles. The predicted molar refractivity (Wildman–Crippen MR) is 57.1 cm³/mol. The molecule has 0 bridgehead atoms. The maximum Gasteiger partial charge on any atom is 0.251 e. The van der Waals surface area contributed by atoms with Crippen molar-refractivity contribution >= 4 is 5.91 Å². The van der Waals surface area contributed by atoms with E-state index < -0.39 is 5.82 Å². The molecule has 1 aromatic rings. The van der Waals surface area contributed by atoms with E-state index in [4.69, 9.17) is 4.74 Å². The molecule has 1 amide bonds. The van der Waals surface area contributed by atoms with Gasteiger partial charge < -0.3 is 15.4 Å². The van der Waals surface area contributed by atoms with Crippen LogP contribution in [-0.4, -0.2) is 32.1 Å². The van der Waals surface area contributed by atoms with E-state index in [1.165, 1.54) is 19.2 Å². The number of hydrogen-bond acceptors (Lipinski definition) is 3. The van der Waals surface area contributed by atoms with Crippen LogP contribution in [0.1, 0.15) is 10.4 Å². The van der Waals surface area contributed by atoms with Crippen molar-refractivity contribution in [3.8, 4) is 5.75 Å². The highest BCUT2D eigenvalue weighted by Gasteiger charge is 2.20. The van der Waals surface area contributed by atoms with E-state index in [1.807, 2.05) is 0 Å². The average molecular weight is 224 g/mol. The maximum absolute atomic E-state index is 13.3. The summed E-state index contributed by atoms with van der Waals surface area (Å²) >= 11 is 0. The molecule has 1 saturated heterocycles. The van der Waals surface area contributed by atoms with Gasteiger partial charge in [0, 0.05) is 18.7 Å². The minimum atomic E-state index is -0.526. The number of nitrogens with one attached hydrogen (secondary N) is 2. The van der Waals surface area contributed by atoms with Gasteiger partial charge in [-0.05, 0) is 18.2 Å². The normalized spacial score (nSPS) is 15.4. The second-order valence-electron chi connectivity index (χ2n) is 3.68. The number of carbonyl (C=O) groups excluding carboxylic acids is 1. The van der Waals surface area contributed by atoms with E-state index in [1.54, 1.807) is 6.07 Å². The Morgan fingerprint density at radius 2 is 2.31 bits per heavy atom. The Hall–Kier alpha value is -1.62. The molecular formula is C11H13FN2O2. The molecule has 0 unspecified atom stereocenters. The Bertz CT molecular complexity index is 405. The fourth-order valence-electron chi connectivity index (χ4n) is 1.47. The zero-order valence-electron chi connectivity index (χ0n) is 8.92. The lowest BCUT2D eigenvalue weighted by Crippen LogP contribution is -2.56. The summed E-state index contributed by atoms with van der Waals surface area (Å²) in [4.78, 5) is 11.7. The first kappa shape index (κ1) is 10.9. The molecule has 4 nitrogen and oxygen atoms in total. The number of halogens is 1. The lowest BCUT2D eigenvalue weighted by atomic mass is 10.1. The van der Waals surface area contributed by atoms with Gasteiger partial charge in [-0.2, -0.15) is 0 Å². The SMILES string of the molecule is COc1ccc(C(=O)NC2CNC2)cc1F. The average Bonchev–Trinajstić information content (AvgIpc) is 2.23. The van der Waals surface area contributed by atoms with E-state index in [9.17, 15) is 9.18 Å². The third kappa shape index (κ3) is 2.14. The van der Waals surface area contributed by atoms with Crippen LogP contribution in [0.5, 0.6) is 5.75 Å². The van der Waals surface area contributed by atoms with Crippen LogP contribution in [0.2, 0.25) is 0 Å². The maximum atomic E-state index is 13.3. The van der Waals surface area contributed by atoms with Crippen molar-refractivity contribution in [3.05, 3.63) is 29.6 Å². The molecule has 2 N–H and O–H groups in total. The number of benzene rings is 1. The van der Waals surface area contributed by atoms with E-state index in [0.717, 1.165) is 13.1 Å². The summed E-state index contributed by atoms with van der Waals surface area (Å²) < 4.78 is 18.1. The standard InChI is InChI=1S/C11H13FN2O2/c1-16-10-3-2-7(4-9(10)12)11(15)14-8-5-13-6-8/h2-4,8,13H,5-6H2,1H3,(H,14,15). The van der Waals surface area contributed by atoms with E-state index in [0.29, 0.717) is 5.56 Å². The van der Waals surface area contributed by atoms with Crippen molar-refractivity contribution in [2.45, 2.75) is 6.04 Å². The third-order valence-electron chi connectivity index (χ3n) is 2.53. The van der Waals surface area contributed by atoms with Crippen LogP contribution >= 0.6 is 0 Å². The summed E-state index contributed by atoms with van der Waals surface area (Å²) in [5.41, 5.74) is 0.310. The second kappa shape index (κ2) is 4.49. The molecule has 5 heteroatoms. The largest absolute Gasteiger partial charge is 0.494 e. The molecule has 16 heavy (non-hydrogen) atoms. The number of ether oxygens (including phenoxy) is 1. The van der Waals surface area contributed by atoms with Crippen molar-refractivity contribution in [1.29, 1.82) is 0 Å². The van der Waals surface area contributed by atoms with Crippen LogP contribution in [0.15, 0.2) is 18.2 Å². The summed E-state index contributed by atoms with van der Waals surface area (Å²) in [6.07, 6.45) is 0. The highest BCUT2D eigenvalue weighted by atomic mass is 19.1. The van der Waals surface area contributed by atoms with Gasteiger partial charge in [0.1, 0.15) is 0 Å². The summed E-state index contributed by atoms with van der Waals surface area (Å²) in [7, 11) is 1.39. The first-order valence-corrected chi connectivity index (χ1v) is 5.06. The van der Waals surface area contributed by atoms with Crippen molar-refractivity contribution in [2.75, 3.05) is 20.2 Å². The van der Waals surface area contributed by atoms with Gasteiger partial charge in [0.05, 0.1) is 13.2 Å². The van der Waals surface area contributed by atoms with E-state index in [2.05, 4.69) is 10.6 Å². The fourth-order valence-corrected chi connectivity index (χ4v) is 1.47. The number of hydrogen-bond donors (Lipinski definition) is 2. The quantitative estimate of drug-likeness (QED) is 0.787. The molecule has 1 aliphatic rings. The summed E-state index contributed by atoms with van der Waals surface area (Å²) in [5.74, 6) is -0.642. The Kier molecular flexibility index (Phi) is 3.05. The van der Waals surface area contributed by atoms with Crippen LogP contribution in [-0.2, 0) is 0 Å². The van der Waals surface area contributed by atoms with Gasteiger partial charge in [0.15, 0.2) is 11.6 Å². The molecule has 0 aromatic heterocycles. The first-order valence-electron chi connectivity index (χ1n) is 5.06. The zero-order chi connectivity index (χ0) is 11.5.